The van der Waals surface area contributed by atoms with Crippen LogP contribution >= 0.6 is 11.3 Å². The van der Waals surface area contributed by atoms with E-state index in [2.05, 4.69) is 25.5 Å². The summed E-state index contributed by atoms with van der Waals surface area (Å²) in [7, 11) is -3.38. The highest BCUT2D eigenvalue weighted by Crippen LogP contribution is 2.31. The molecule has 4 rings (SSSR count). The Morgan fingerprint density at radius 1 is 1.17 bits per heavy atom. The molecule has 0 bridgehead atoms. The molecule has 4 aromatic rings. The van der Waals surface area contributed by atoms with Gasteiger partial charge in [0, 0.05) is 28.7 Å². The van der Waals surface area contributed by atoms with Gasteiger partial charge in [-0.2, -0.15) is 5.10 Å². The molecule has 0 aliphatic rings. The maximum absolute atomic E-state index is 12.6. The largest absolute Gasteiger partial charge is 0.320 e. The molecule has 0 spiro atoms. The van der Waals surface area contributed by atoms with Gasteiger partial charge in [0.05, 0.1) is 33.1 Å². The van der Waals surface area contributed by atoms with Crippen LogP contribution in [0.25, 0.3) is 22.0 Å². The van der Waals surface area contributed by atoms with E-state index < -0.39 is 9.84 Å². The number of fused-ring (bicyclic) bond motifs is 1. The highest BCUT2D eigenvalue weighted by atomic mass is 32.2. The fraction of sp³-hybridized carbons (Fsp3) is 0.158. The van der Waals surface area contributed by atoms with E-state index in [4.69, 9.17) is 0 Å². The van der Waals surface area contributed by atoms with Crippen molar-refractivity contribution in [1.82, 2.24) is 20.2 Å². The molecule has 1 amide bonds. The maximum atomic E-state index is 12.6. The maximum Gasteiger partial charge on any atom is 0.275 e. The average molecular weight is 428 g/mol. The van der Waals surface area contributed by atoms with Gasteiger partial charge in [-0.3, -0.25) is 14.9 Å². The number of aryl methyl sites for hydroxylation is 1. The number of sulfone groups is 1. The van der Waals surface area contributed by atoms with Crippen molar-refractivity contribution < 1.29 is 13.2 Å². The Kier molecular flexibility index (Phi) is 4.89. The second kappa shape index (κ2) is 7.37. The minimum atomic E-state index is -3.38. The molecule has 0 saturated carbocycles. The van der Waals surface area contributed by atoms with Gasteiger partial charge in [0.1, 0.15) is 5.69 Å². The smallest absolute Gasteiger partial charge is 0.275 e. The van der Waals surface area contributed by atoms with Gasteiger partial charge in [0.15, 0.2) is 9.84 Å². The number of nitrogens with one attached hydrogen (secondary N) is 2. The number of carbonyl (C=O) groups is 1. The molecule has 0 radical (unpaired) electrons. The summed E-state index contributed by atoms with van der Waals surface area (Å²) in [5.74, 6) is -0.332. The molecule has 3 heterocycles. The van der Waals surface area contributed by atoms with Crippen molar-refractivity contribution in [3.8, 4) is 11.1 Å². The molecular formula is C19H17N5O3S2. The number of aromatic nitrogens is 4. The van der Waals surface area contributed by atoms with E-state index >= 15 is 0 Å². The highest BCUT2D eigenvalue weighted by Gasteiger charge is 2.16. The SMILES string of the molecule is CCS(=O)(=O)c1cncc(-c2cc(NC(=O)c3csc(C)n3)c3cn[nH]c3c2)c1. The van der Waals surface area contributed by atoms with E-state index in [0.717, 1.165) is 10.4 Å². The summed E-state index contributed by atoms with van der Waals surface area (Å²) >= 11 is 1.40. The van der Waals surface area contributed by atoms with Crippen LogP contribution in [0.15, 0.2) is 47.1 Å². The minimum absolute atomic E-state index is 0.00786. The quantitative estimate of drug-likeness (QED) is 0.504. The fourth-order valence-corrected chi connectivity index (χ4v) is 4.34. The summed E-state index contributed by atoms with van der Waals surface area (Å²) < 4.78 is 24.4. The van der Waals surface area contributed by atoms with E-state index in [9.17, 15) is 13.2 Å². The second-order valence-corrected chi connectivity index (χ2v) is 9.71. The second-order valence-electron chi connectivity index (χ2n) is 6.37. The lowest BCUT2D eigenvalue weighted by Gasteiger charge is -2.10. The summed E-state index contributed by atoms with van der Waals surface area (Å²) in [5, 5.41) is 13.0. The monoisotopic (exact) mass is 427 g/mol. The number of aromatic amines is 1. The molecule has 0 unspecified atom stereocenters. The predicted octanol–water partition coefficient (Wildman–Crippen LogP) is 3.44. The first kappa shape index (κ1) is 19.2. The topological polar surface area (TPSA) is 118 Å². The number of hydrogen-bond donors (Lipinski definition) is 2. The van der Waals surface area contributed by atoms with Crippen molar-refractivity contribution in [2.24, 2.45) is 0 Å². The lowest BCUT2D eigenvalue weighted by Crippen LogP contribution is -2.12. The zero-order chi connectivity index (χ0) is 20.6. The molecule has 2 N–H and O–H groups in total. The number of amides is 1. The minimum Gasteiger partial charge on any atom is -0.320 e. The van der Waals surface area contributed by atoms with E-state index in [1.807, 2.05) is 13.0 Å². The number of nitrogens with zero attached hydrogens (tertiary/aromatic N) is 3. The van der Waals surface area contributed by atoms with Crippen LogP contribution in [0.2, 0.25) is 0 Å². The summed E-state index contributed by atoms with van der Waals surface area (Å²) in [6, 6.07) is 5.19. The third-order valence-electron chi connectivity index (χ3n) is 4.44. The van der Waals surface area contributed by atoms with Crippen LogP contribution in [0.5, 0.6) is 0 Å². The Labute approximate surface area is 171 Å². The lowest BCUT2D eigenvalue weighted by molar-refractivity contribution is 0.102. The third-order valence-corrected chi connectivity index (χ3v) is 6.92. The van der Waals surface area contributed by atoms with Crippen LogP contribution in [0.1, 0.15) is 22.4 Å². The zero-order valence-electron chi connectivity index (χ0n) is 15.6. The van der Waals surface area contributed by atoms with Crippen LogP contribution in [0, 0.1) is 6.92 Å². The molecule has 10 heteroatoms. The van der Waals surface area contributed by atoms with Gasteiger partial charge < -0.3 is 5.32 Å². The molecule has 0 aliphatic heterocycles. The number of rotatable bonds is 5. The van der Waals surface area contributed by atoms with Crippen molar-refractivity contribution in [3.63, 3.8) is 0 Å². The predicted molar refractivity (Wildman–Crippen MR) is 112 cm³/mol. The lowest BCUT2D eigenvalue weighted by atomic mass is 10.0. The van der Waals surface area contributed by atoms with Gasteiger partial charge in [-0.05, 0) is 30.7 Å². The van der Waals surface area contributed by atoms with Gasteiger partial charge in [-0.25, -0.2) is 13.4 Å². The summed E-state index contributed by atoms with van der Waals surface area (Å²) in [6.45, 7) is 3.42. The number of carbonyl (C=O) groups excluding carboxylic acids is 1. The van der Waals surface area contributed by atoms with Gasteiger partial charge in [0.25, 0.3) is 5.91 Å². The summed E-state index contributed by atoms with van der Waals surface area (Å²) in [6.07, 6.45) is 4.54. The first-order chi connectivity index (χ1) is 13.9. The van der Waals surface area contributed by atoms with Crippen molar-refractivity contribution in [2.45, 2.75) is 18.7 Å². The standard InChI is InChI=1S/C19H17N5O3S2/c1-3-29(26,27)14-4-13(7-20-8-14)12-5-16(15-9-21-24-17(15)6-12)23-19(25)18-10-28-11(2)22-18/h4-10H,3H2,1-2H3,(H,21,24)(H,23,25). The first-order valence-electron chi connectivity index (χ1n) is 8.76. The van der Waals surface area contributed by atoms with Crippen LogP contribution < -0.4 is 5.32 Å². The normalized spacial score (nSPS) is 11.7. The molecule has 0 fully saturated rings. The average Bonchev–Trinajstić information content (AvgIpc) is 3.37. The summed E-state index contributed by atoms with van der Waals surface area (Å²) in [4.78, 5) is 21.0. The number of anilines is 1. The molecule has 29 heavy (non-hydrogen) atoms. The van der Waals surface area contributed by atoms with Crippen LogP contribution in [0.4, 0.5) is 5.69 Å². The van der Waals surface area contributed by atoms with Gasteiger partial charge in [-0.1, -0.05) is 6.92 Å². The molecule has 1 aromatic carbocycles. The van der Waals surface area contributed by atoms with Crippen LogP contribution in [0.3, 0.4) is 0 Å². The van der Waals surface area contributed by atoms with E-state index in [-0.39, 0.29) is 16.6 Å². The number of thiazole rings is 1. The van der Waals surface area contributed by atoms with Crippen LogP contribution in [-0.2, 0) is 9.84 Å². The van der Waals surface area contributed by atoms with Gasteiger partial charge >= 0.3 is 0 Å². The third kappa shape index (κ3) is 3.76. The molecule has 8 nitrogen and oxygen atoms in total. The number of H-pyrrole nitrogens is 1. The molecule has 148 valence electrons. The number of hydrogen-bond acceptors (Lipinski definition) is 7. The fourth-order valence-electron chi connectivity index (χ4n) is 2.89. The Bertz CT molecular complexity index is 1320. The highest BCUT2D eigenvalue weighted by molar-refractivity contribution is 7.91. The Hall–Kier alpha value is -3.11. The molecule has 3 aromatic heterocycles. The van der Waals surface area contributed by atoms with Gasteiger partial charge in [0.2, 0.25) is 0 Å². The summed E-state index contributed by atoms with van der Waals surface area (Å²) in [5.41, 5.74) is 2.91. The van der Waals surface area contributed by atoms with E-state index in [1.165, 1.54) is 17.5 Å². The molecule has 0 saturated heterocycles. The van der Waals surface area contributed by atoms with Gasteiger partial charge in [-0.15, -0.1) is 11.3 Å². The number of pyridine rings is 1. The van der Waals surface area contributed by atoms with Crippen molar-refractivity contribution >= 4 is 43.7 Å². The Morgan fingerprint density at radius 3 is 2.72 bits per heavy atom. The molecule has 0 atom stereocenters. The van der Waals surface area contributed by atoms with E-state index in [0.29, 0.717) is 28.0 Å². The Morgan fingerprint density at radius 2 is 2.00 bits per heavy atom. The van der Waals surface area contributed by atoms with Crippen molar-refractivity contribution in [2.75, 3.05) is 11.1 Å². The zero-order valence-corrected chi connectivity index (χ0v) is 17.3. The molecular weight excluding hydrogens is 410 g/mol. The van der Waals surface area contributed by atoms with Crippen molar-refractivity contribution in [1.29, 1.82) is 0 Å². The number of benzene rings is 1. The molecule has 0 aliphatic carbocycles. The first-order valence-corrected chi connectivity index (χ1v) is 11.3. The van der Waals surface area contributed by atoms with Crippen LogP contribution in [-0.4, -0.2) is 40.2 Å². The Balaban J connectivity index is 1.77. The van der Waals surface area contributed by atoms with E-state index in [1.54, 1.807) is 36.8 Å². The van der Waals surface area contributed by atoms with Crippen molar-refractivity contribution in [3.05, 3.63) is 52.9 Å².